The van der Waals surface area contributed by atoms with Crippen LogP contribution in [0.4, 0.5) is 16.4 Å². The molecule has 0 spiro atoms. The molecule has 1 aromatic heterocycles. The van der Waals surface area contributed by atoms with Gasteiger partial charge in [-0.2, -0.15) is 4.31 Å². The van der Waals surface area contributed by atoms with E-state index in [4.69, 9.17) is 0 Å². The molecule has 0 radical (unpaired) electrons. The van der Waals surface area contributed by atoms with Crippen molar-refractivity contribution in [1.82, 2.24) is 19.6 Å². The zero-order valence-corrected chi connectivity index (χ0v) is 14.9. The number of amides is 3. The molecule has 3 rings (SSSR count). The van der Waals surface area contributed by atoms with Crippen LogP contribution in [0.1, 0.15) is 12.8 Å². The summed E-state index contributed by atoms with van der Waals surface area (Å²) >= 11 is 0. The Kier molecular flexibility index (Phi) is 4.60. The van der Waals surface area contributed by atoms with Gasteiger partial charge < -0.3 is 5.32 Å². The fourth-order valence-electron chi connectivity index (χ4n) is 2.90. The average molecular weight is 368 g/mol. The SMILES string of the molecule is CN(C1CCN(c2ncc(N3CCCNC3=O)cn2)C1=O)S(C)(=O)=O. The molecular formula is C14H20N6O4S. The van der Waals surface area contributed by atoms with Gasteiger partial charge in [-0.1, -0.05) is 0 Å². The molecule has 0 aromatic carbocycles. The number of carbonyl (C=O) groups is 2. The van der Waals surface area contributed by atoms with Crippen LogP contribution in [0.2, 0.25) is 0 Å². The van der Waals surface area contributed by atoms with Crippen LogP contribution in [-0.4, -0.2) is 73.6 Å². The first-order chi connectivity index (χ1) is 11.8. The van der Waals surface area contributed by atoms with Crippen LogP contribution >= 0.6 is 0 Å². The first-order valence-electron chi connectivity index (χ1n) is 7.91. The van der Waals surface area contributed by atoms with E-state index < -0.39 is 16.1 Å². The van der Waals surface area contributed by atoms with Crippen LogP contribution in [0, 0.1) is 0 Å². The topological polar surface area (TPSA) is 116 Å². The Morgan fingerprint density at radius 1 is 1.20 bits per heavy atom. The normalized spacial score (nSPS) is 21.8. The second-order valence-corrected chi connectivity index (χ2v) is 8.09. The molecule has 2 aliphatic heterocycles. The molecule has 1 unspecified atom stereocenters. The van der Waals surface area contributed by atoms with Crippen molar-refractivity contribution in [3.8, 4) is 0 Å². The van der Waals surface area contributed by atoms with Gasteiger partial charge in [0.15, 0.2) is 0 Å². The fraction of sp³-hybridized carbons (Fsp3) is 0.571. The maximum atomic E-state index is 12.5. The van der Waals surface area contributed by atoms with E-state index in [9.17, 15) is 18.0 Å². The summed E-state index contributed by atoms with van der Waals surface area (Å²) in [6.45, 7) is 1.57. The van der Waals surface area contributed by atoms with Crippen LogP contribution in [0.3, 0.4) is 0 Å². The molecule has 0 bridgehead atoms. The van der Waals surface area contributed by atoms with Crippen molar-refractivity contribution < 1.29 is 18.0 Å². The minimum Gasteiger partial charge on any atom is -0.338 e. The van der Waals surface area contributed by atoms with Crippen molar-refractivity contribution in [2.45, 2.75) is 18.9 Å². The van der Waals surface area contributed by atoms with E-state index in [1.165, 1.54) is 24.3 Å². The van der Waals surface area contributed by atoms with E-state index >= 15 is 0 Å². The van der Waals surface area contributed by atoms with Crippen molar-refractivity contribution in [2.75, 3.05) is 42.7 Å². The van der Waals surface area contributed by atoms with Crippen molar-refractivity contribution in [2.24, 2.45) is 0 Å². The summed E-state index contributed by atoms with van der Waals surface area (Å²) in [7, 11) is -2.07. The van der Waals surface area contributed by atoms with Crippen molar-refractivity contribution in [1.29, 1.82) is 0 Å². The molecule has 0 aliphatic carbocycles. The van der Waals surface area contributed by atoms with Crippen molar-refractivity contribution in [3.63, 3.8) is 0 Å². The number of likely N-dealkylation sites (N-methyl/N-ethyl adjacent to an activating group) is 1. The highest BCUT2D eigenvalue weighted by molar-refractivity contribution is 7.88. The molecule has 2 fully saturated rings. The molecule has 1 atom stereocenters. The van der Waals surface area contributed by atoms with Gasteiger partial charge in [0.1, 0.15) is 6.04 Å². The van der Waals surface area contributed by atoms with Gasteiger partial charge in [-0.05, 0) is 12.8 Å². The third kappa shape index (κ3) is 3.42. The highest BCUT2D eigenvalue weighted by atomic mass is 32.2. The van der Waals surface area contributed by atoms with Crippen molar-refractivity contribution in [3.05, 3.63) is 12.4 Å². The summed E-state index contributed by atoms with van der Waals surface area (Å²) in [5.41, 5.74) is 0.553. The third-order valence-corrected chi connectivity index (χ3v) is 5.70. The Balaban J connectivity index is 1.75. The monoisotopic (exact) mass is 368 g/mol. The second kappa shape index (κ2) is 6.56. The zero-order valence-electron chi connectivity index (χ0n) is 14.0. The molecular weight excluding hydrogens is 348 g/mol. The number of carbonyl (C=O) groups excluding carboxylic acids is 2. The smallest absolute Gasteiger partial charge is 0.321 e. The highest BCUT2D eigenvalue weighted by Crippen LogP contribution is 2.23. The molecule has 2 saturated heterocycles. The highest BCUT2D eigenvalue weighted by Gasteiger charge is 2.39. The molecule has 2 aliphatic rings. The number of rotatable bonds is 4. The number of hydrogen-bond donors (Lipinski definition) is 1. The summed E-state index contributed by atoms with van der Waals surface area (Å²) in [4.78, 5) is 35.6. The van der Waals surface area contributed by atoms with E-state index in [0.29, 0.717) is 31.7 Å². The number of urea groups is 1. The van der Waals surface area contributed by atoms with Gasteiger partial charge >= 0.3 is 6.03 Å². The predicted molar refractivity (Wildman–Crippen MR) is 90.8 cm³/mol. The molecule has 136 valence electrons. The van der Waals surface area contributed by atoms with E-state index in [-0.39, 0.29) is 17.9 Å². The Morgan fingerprint density at radius 2 is 1.88 bits per heavy atom. The first-order valence-corrected chi connectivity index (χ1v) is 9.75. The van der Waals surface area contributed by atoms with Gasteiger partial charge in [0.25, 0.3) is 0 Å². The molecule has 1 N–H and O–H groups in total. The zero-order chi connectivity index (χ0) is 18.2. The minimum absolute atomic E-state index is 0.199. The van der Waals surface area contributed by atoms with Gasteiger partial charge in [-0.15, -0.1) is 0 Å². The van der Waals surface area contributed by atoms with Gasteiger partial charge in [-0.25, -0.2) is 23.2 Å². The van der Waals surface area contributed by atoms with E-state index in [2.05, 4.69) is 15.3 Å². The second-order valence-electron chi connectivity index (χ2n) is 6.05. The number of aromatic nitrogens is 2. The Bertz CT molecular complexity index is 781. The summed E-state index contributed by atoms with van der Waals surface area (Å²) in [5, 5.41) is 2.74. The third-order valence-electron chi connectivity index (χ3n) is 4.40. The number of sulfonamides is 1. The van der Waals surface area contributed by atoms with Crippen LogP contribution in [0.15, 0.2) is 12.4 Å². The average Bonchev–Trinajstić information content (AvgIpc) is 2.95. The molecule has 10 nitrogen and oxygen atoms in total. The van der Waals surface area contributed by atoms with Crippen molar-refractivity contribution >= 4 is 33.6 Å². The maximum absolute atomic E-state index is 12.5. The largest absolute Gasteiger partial charge is 0.338 e. The quantitative estimate of drug-likeness (QED) is 0.758. The number of hydrogen-bond acceptors (Lipinski definition) is 6. The lowest BCUT2D eigenvalue weighted by Gasteiger charge is -2.27. The number of nitrogens with zero attached hydrogens (tertiary/aromatic N) is 5. The van der Waals surface area contributed by atoms with E-state index in [1.807, 2.05) is 0 Å². The lowest BCUT2D eigenvalue weighted by Crippen LogP contribution is -2.46. The maximum Gasteiger partial charge on any atom is 0.321 e. The lowest BCUT2D eigenvalue weighted by atomic mass is 10.2. The summed E-state index contributed by atoms with van der Waals surface area (Å²) in [5.74, 6) is -0.146. The Labute approximate surface area is 145 Å². The summed E-state index contributed by atoms with van der Waals surface area (Å²) < 4.78 is 24.3. The number of anilines is 2. The fourth-order valence-corrected chi connectivity index (χ4v) is 3.56. The molecule has 11 heteroatoms. The number of nitrogens with one attached hydrogen (secondary N) is 1. The lowest BCUT2D eigenvalue weighted by molar-refractivity contribution is -0.120. The van der Waals surface area contributed by atoms with Gasteiger partial charge in [0.2, 0.25) is 21.9 Å². The van der Waals surface area contributed by atoms with Gasteiger partial charge in [0.05, 0.1) is 24.3 Å². The summed E-state index contributed by atoms with van der Waals surface area (Å²) in [6.07, 6.45) is 5.26. The van der Waals surface area contributed by atoms with E-state index in [1.54, 1.807) is 4.90 Å². The predicted octanol–water partition coefficient (Wildman–Crippen LogP) is -0.607. The Hall–Kier alpha value is -2.27. The molecule has 3 amide bonds. The summed E-state index contributed by atoms with van der Waals surface area (Å²) in [6, 6.07) is -0.944. The van der Waals surface area contributed by atoms with E-state index in [0.717, 1.165) is 17.0 Å². The molecule has 1 aromatic rings. The van der Waals surface area contributed by atoms with Crippen LogP contribution in [0.25, 0.3) is 0 Å². The molecule has 0 saturated carbocycles. The first kappa shape index (κ1) is 17.5. The molecule has 25 heavy (non-hydrogen) atoms. The van der Waals surface area contributed by atoms with Crippen LogP contribution in [-0.2, 0) is 14.8 Å². The van der Waals surface area contributed by atoms with Gasteiger partial charge in [0, 0.05) is 26.7 Å². The molecule has 3 heterocycles. The minimum atomic E-state index is -3.46. The Morgan fingerprint density at radius 3 is 2.48 bits per heavy atom. The van der Waals surface area contributed by atoms with Gasteiger partial charge in [-0.3, -0.25) is 14.6 Å². The van der Waals surface area contributed by atoms with Crippen LogP contribution in [0.5, 0.6) is 0 Å². The van der Waals surface area contributed by atoms with Crippen LogP contribution < -0.4 is 15.1 Å². The standard InChI is InChI=1S/C14H20N6O4S/c1-18(25(2,23)24)11-4-7-20(12(11)21)13-16-8-10(9-17-13)19-6-3-5-15-14(19)22/h8-9,11H,3-7H2,1-2H3,(H,15,22).